The standard InChI is InChI=1S/C16H13ClN2O3S/c17-12-5-7-13(8-6-12)23-10-15(20)19-18-9-11-3-1-2-4-14(11)16(21)22/h1-9H,10H2,(H,19,20)(H,21,22)/b18-9-. The van der Waals surface area contributed by atoms with Crippen molar-refractivity contribution in [1.29, 1.82) is 0 Å². The van der Waals surface area contributed by atoms with E-state index in [0.29, 0.717) is 10.6 Å². The van der Waals surface area contributed by atoms with Crippen LogP contribution >= 0.6 is 23.4 Å². The molecule has 0 aliphatic carbocycles. The first-order valence-corrected chi connectivity index (χ1v) is 7.95. The minimum atomic E-state index is -1.04. The molecular formula is C16H13ClN2O3S. The van der Waals surface area contributed by atoms with Crippen molar-refractivity contribution >= 4 is 41.5 Å². The molecule has 0 aromatic heterocycles. The number of carboxylic acids is 1. The van der Waals surface area contributed by atoms with Crippen molar-refractivity contribution in [3.05, 3.63) is 64.7 Å². The molecule has 118 valence electrons. The highest BCUT2D eigenvalue weighted by molar-refractivity contribution is 8.00. The third-order valence-electron chi connectivity index (χ3n) is 2.77. The lowest BCUT2D eigenvalue weighted by atomic mass is 10.1. The fourth-order valence-corrected chi connectivity index (χ4v) is 2.51. The molecule has 0 spiro atoms. The van der Waals surface area contributed by atoms with Gasteiger partial charge in [0.05, 0.1) is 17.5 Å². The molecule has 2 aromatic rings. The van der Waals surface area contributed by atoms with Gasteiger partial charge in [0, 0.05) is 15.5 Å². The second-order valence-corrected chi connectivity index (χ2v) is 5.91. The van der Waals surface area contributed by atoms with Crippen molar-refractivity contribution in [2.24, 2.45) is 5.10 Å². The number of halogens is 1. The third kappa shape index (κ3) is 5.43. The Hall–Kier alpha value is -2.31. The van der Waals surface area contributed by atoms with Gasteiger partial charge in [0.2, 0.25) is 5.91 Å². The molecule has 0 aliphatic heterocycles. The van der Waals surface area contributed by atoms with E-state index in [4.69, 9.17) is 16.7 Å². The first kappa shape index (κ1) is 17.1. The summed E-state index contributed by atoms with van der Waals surface area (Å²) in [7, 11) is 0. The average Bonchev–Trinajstić information content (AvgIpc) is 2.54. The third-order valence-corrected chi connectivity index (χ3v) is 4.03. The Kier molecular flexibility index (Phi) is 6.19. The second kappa shape index (κ2) is 8.36. The molecular weight excluding hydrogens is 336 g/mol. The largest absolute Gasteiger partial charge is 0.478 e. The summed E-state index contributed by atoms with van der Waals surface area (Å²) in [4.78, 5) is 23.7. The van der Waals surface area contributed by atoms with Gasteiger partial charge in [0.1, 0.15) is 0 Å². The Morgan fingerprint density at radius 2 is 1.87 bits per heavy atom. The first-order chi connectivity index (χ1) is 11.1. The van der Waals surface area contributed by atoms with E-state index in [0.717, 1.165) is 4.90 Å². The highest BCUT2D eigenvalue weighted by Crippen LogP contribution is 2.19. The molecule has 0 unspecified atom stereocenters. The van der Waals surface area contributed by atoms with E-state index < -0.39 is 5.97 Å². The van der Waals surface area contributed by atoms with Crippen LogP contribution in [0.25, 0.3) is 0 Å². The number of nitrogens with one attached hydrogen (secondary N) is 1. The fourth-order valence-electron chi connectivity index (χ4n) is 1.69. The molecule has 23 heavy (non-hydrogen) atoms. The number of hydrazone groups is 1. The molecule has 0 heterocycles. The first-order valence-electron chi connectivity index (χ1n) is 6.59. The van der Waals surface area contributed by atoms with Crippen LogP contribution in [-0.2, 0) is 4.79 Å². The summed E-state index contributed by atoms with van der Waals surface area (Å²) in [5.41, 5.74) is 2.92. The maximum atomic E-state index is 11.7. The van der Waals surface area contributed by atoms with Gasteiger partial charge >= 0.3 is 5.97 Å². The maximum Gasteiger partial charge on any atom is 0.336 e. The number of benzene rings is 2. The van der Waals surface area contributed by atoms with E-state index in [1.807, 2.05) is 12.1 Å². The van der Waals surface area contributed by atoms with Crippen LogP contribution in [0.15, 0.2) is 58.5 Å². The molecule has 0 radical (unpaired) electrons. The lowest BCUT2D eigenvalue weighted by molar-refractivity contribution is -0.118. The van der Waals surface area contributed by atoms with Crippen molar-refractivity contribution in [2.75, 3.05) is 5.75 Å². The molecule has 2 rings (SSSR count). The van der Waals surface area contributed by atoms with E-state index in [2.05, 4.69) is 10.5 Å². The quantitative estimate of drug-likeness (QED) is 0.477. The maximum absolute atomic E-state index is 11.7. The number of carbonyl (C=O) groups excluding carboxylic acids is 1. The van der Waals surface area contributed by atoms with E-state index in [1.165, 1.54) is 24.0 Å². The molecule has 7 heteroatoms. The van der Waals surface area contributed by atoms with Gasteiger partial charge < -0.3 is 5.11 Å². The van der Waals surface area contributed by atoms with Crippen molar-refractivity contribution in [3.8, 4) is 0 Å². The molecule has 0 fully saturated rings. The van der Waals surface area contributed by atoms with E-state index in [9.17, 15) is 9.59 Å². The van der Waals surface area contributed by atoms with Crippen molar-refractivity contribution in [2.45, 2.75) is 4.90 Å². The Balaban J connectivity index is 1.87. The SMILES string of the molecule is O=C(CSc1ccc(Cl)cc1)N/N=C\c1ccccc1C(=O)O. The predicted molar refractivity (Wildman–Crippen MR) is 91.3 cm³/mol. The summed E-state index contributed by atoms with van der Waals surface area (Å²) in [6.45, 7) is 0. The number of nitrogens with zero attached hydrogens (tertiary/aromatic N) is 1. The second-order valence-electron chi connectivity index (χ2n) is 4.43. The monoisotopic (exact) mass is 348 g/mol. The van der Waals surface area contributed by atoms with Gasteiger partial charge in [-0.05, 0) is 30.3 Å². The summed E-state index contributed by atoms with van der Waals surface area (Å²) in [6.07, 6.45) is 1.31. The number of thioether (sulfide) groups is 1. The average molecular weight is 349 g/mol. The molecule has 2 aromatic carbocycles. The molecule has 1 amide bonds. The topological polar surface area (TPSA) is 78.8 Å². The predicted octanol–water partition coefficient (Wildman–Crippen LogP) is 3.28. The lowest BCUT2D eigenvalue weighted by Crippen LogP contribution is -2.19. The fraction of sp³-hybridized carbons (Fsp3) is 0.0625. The van der Waals surface area contributed by atoms with E-state index >= 15 is 0 Å². The molecule has 0 saturated heterocycles. The van der Waals surface area contributed by atoms with Crippen molar-refractivity contribution in [3.63, 3.8) is 0 Å². The Morgan fingerprint density at radius 3 is 2.57 bits per heavy atom. The molecule has 0 atom stereocenters. The number of aromatic carboxylic acids is 1. The highest BCUT2D eigenvalue weighted by Gasteiger charge is 2.07. The number of amides is 1. The van der Waals surface area contributed by atoms with Crippen molar-refractivity contribution in [1.82, 2.24) is 5.43 Å². The van der Waals surface area contributed by atoms with Crippen LogP contribution in [0.1, 0.15) is 15.9 Å². The number of hydrogen-bond acceptors (Lipinski definition) is 4. The van der Waals surface area contributed by atoms with Gasteiger partial charge in [-0.3, -0.25) is 4.79 Å². The molecule has 5 nitrogen and oxygen atoms in total. The van der Waals surface area contributed by atoms with Crippen LogP contribution in [0.4, 0.5) is 0 Å². The van der Waals surface area contributed by atoms with Crippen LogP contribution in [0.5, 0.6) is 0 Å². The Morgan fingerprint density at radius 1 is 1.17 bits per heavy atom. The normalized spacial score (nSPS) is 10.7. The van der Waals surface area contributed by atoms with Crippen LogP contribution in [-0.4, -0.2) is 29.0 Å². The summed E-state index contributed by atoms with van der Waals surface area (Å²) in [6, 6.07) is 13.6. The van der Waals surface area contributed by atoms with Gasteiger partial charge in [-0.15, -0.1) is 11.8 Å². The summed E-state index contributed by atoms with van der Waals surface area (Å²) >= 11 is 7.14. The Bertz CT molecular complexity index is 732. The lowest BCUT2D eigenvalue weighted by Gasteiger charge is -2.02. The van der Waals surface area contributed by atoms with Gasteiger partial charge in [-0.1, -0.05) is 29.8 Å². The van der Waals surface area contributed by atoms with Crippen LogP contribution < -0.4 is 5.43 Å². The highest BCUT2D eigenvalue weighted by atomic mass is 35.5. The summed E-state index contributed by atoms with van der Waals surface area (Å²) < 4.78 is 0. The summed E-state index contributed by atoms with van der Waals surface area (Å²) in [5, 5.41) is 13.5. The zero-order chi connectivity index (χ0) is 16.7. The molecule has 0 bridgehead atoms. The Labute approximate surface area is 142 Å². The molecule has 0 aliphatic rings. The van der Waals surface area contributed by atoms with Crippen LogP contribution in [0.2, 0.25) is 5.02 Å². The number of carbonyl (C=O) groups is 2. The minimum Gasteiger partial charge on any atom is -0.478 e. The number of rotatable bonds is 6. The zero-order valence-electron chi connectivity index (χ0n) is 11.9. The van der Waals surface area contributed by atoms with E-state index in [1.54, 1.807) is 30.3 Å². The van der Waals surface area contributed by atoms with Crippen LogP contribution in [0, 0.1) is 0 Å². The van der Waals surface area contributed by atoms with E-state index in [-0.39, 0.29) is 17.2 Å². The minimum absolute atomic E-state index is 0.126. The summed E-state index contributed by atoms with van der Waals surface area (Å²) in [5.74, 6) is -1.13. The van der Waals surface area contributed by atoms with Gasteiger partial charge in [-0.25, -0.2) is 10.2 Å². The van der Waals surface area contributed by atoms with Gasteiger partial charge in [0.15, 0.2) is 0 Å². The molecule has 2 N–H and O–H groups in total. The molecule has 0 saturated carbocycles. The van der Waals surface area contributed by atoms with Crippen LogP contribution in [0.3, 0.4) is 0 Å². The number of carboxylic acid groups (broad SMARTS) is 1. The van der Waals surface area contributed by atoms with Gasteiger partial charge in [-0.2, -0.15) is 5.10 Å². The smallest absolute Gasteiger partial charge is 0.336 e. The number of hydrogen-bond donors (Lipinski definition) is 2. The van der Waals surface area contributed by atoms with Gasteiger partial charge in [0.25, 0.3) is 0 Å². The zero-order valence-corrected chi connectivity index (χ0v) is 13.5. The van der Waals surface area contributed by atoms with Crippen molar-refractivity contribution < 1.29 is 14.7 Å².